The summed E-state index contributed by atoms with van der Waals surface area (Å²) in [7, 11) is -1.43. The van der Waals surface area contributed by atoms with E-state index in [1.165, 1.54) is 6.92 Å². The molecule has 3 heterocycles. The van der Waals surface area contributed by atoms with Crippen molar-refractivity contribution >= 4 is 25.6 Å². The molecule has 1 aliphatic rings. The van der Waals surface area contributed by atoms with Gasteiger partial charge in [0.05, 0.1) is 24.1 Å². The fraction of sp³-hybridized carbons (Fsp3) is 0.679. The number of hydroxylamine groups is 1. The van der Waals surface area contributed by atoms with Gasteiger partial charge in [-0.2, -0.15) is 31.4 Å². The highest BCUT2D eigenvalue weighted by Gasteiger charge is 2.40. The number of alkyl halides is 6. The van der Waals surface area contributed by atoms with E-state index in [0.717, 1.165) is 24.6 Å². The van der Waals surface area contributed by atoms with Gasteiger partial charge in [0.2, 0.25) is 11.9 Å². The number of carbonyl (C=O) groups excluding carboxylic acids is 1. The molecule has 2 aromatic rings. The second-order valence-corrected chi connectivity index (χ2v) is 18.7. The van der Waals surface area contributed by atoms with E-state index >= 15 is 0 Å². The maximum absolute atomic E-state index is 13.9. The number of aromatic nitrogens is 4. The summed E-state index contributed by atoms with van der Waals surface area (Å²) in [6, 6.07) is 0.0146. The van der Waals surface area contributed by atoms with Crippen molar-refractivity contribution < 1.29 is 40.7 Å². The van der Waals surface area contributed by atoms with Crippen LogP contribution in [0.2, 0.25) is 25.7 Å². The molecule has 1 amide bonds. The molecule has 18 heteroatoms. The second-order valence-electron chi connectivity index (χ2n) is 13.1. The third kappa shape index (κ3) is 10.1. The maximum Gasteiger partial charge on any atom is 0.423 e. The van der Waals surface area contributed by atoms with Crippen LogP contribution >= 0.6 is 0 Å². The van der Waals surface area contributed by atoms with Crippen molar-refractivity contribution in [3.8, 4) is 0 Å². The Morgan fingerprint density at radius 1 is 1.04 bits per heavy atom. The van der Waals surface area contributed by atoms with Crippen LogP contribution in [0.4, 0.5) is 38.0 Å². The summed E-state index contributed by atoms with van der Waals surface area (Å²) < 4.78 is 86.1. The average molecular weight is 682 g/mol. The lowest BCUT2D eigenvalue weighted by molar-refractivity contribution is -0.146. The quantitative estimate of drug-likeness (QED) is 0.128. The van der Waals surface area contributed by atoms with Crippen molar-refractivity contribution in [1.82, 2.24) is 25.2 Å². The van der Waals surface area contributed by atoms with E-state index < -0.39 is 66.9 Å². The van der Waals surface area contributed by atoms with Crippen molar-refractivity contribution in [2.24, 2.45) is 11.3 Å². The highest BCUT2D eigenvalue weighted by molar-refractivity contribution is 6.76. The van der Waals surface area contributed by atoms with Gasteiger partial charge >= 0.3 is 12.4 Å². The summed E-state index contributed by atoms with van der Waals surface area (Å²) >= 11 is 0. The summed E-state index contributed by atoms with van der Waals surface area (Å²) in [6.45, 7) is 11.9. The number of carbonyl (C=O) groups is 1. The van der Waals surface area contributed by atoms with Gasteiger partial charge in [0.15, 0.2) is 0 Å². The van der Waals surface area contributed by atoms with Crippen molar-refractivity contribution in [3.05, 3.63) is 40.1 Å². The van der Waals surface area contributed by atoms with Gasteiger partial charge in [0, 0.05) is 51.6 Å². The Morgan fingerprint density at radius 3 is 2.20 bits per heavy atom. The number of piperidine rings is 1. The van der Waals surface area contributed by atoms with Gasteiger partial charge in [-0.05, 0) is 31.7 Å². The molecule has 0 aromatic carbocycles. The zero-order valence-corrected chi connectivity index (χ0v) is 27.7. The van der Waals surface area contributed by atoms with Gasteiger partial charge in [-0.15, -0.1) is 0 Å². The number of nitrogens with zero attached hydrogens (tertiary/aromatic N) is 5. The van der Waals surface area contributed by atoms with E-state index in [0.29, 0.717) is 37.2 Å². The van der Waals surface area contributed by atoms with Crippen molar-refractivity contribution in [2.45, 2.75) is 84.4 Å². The molecule has 258 valence electrons. The number of halogens is 6. The van der Waals surface area contributed by atoms with Gasteiger partial charge in [0.1, 0.15) is 12.3 Å². The molecule has 2 N–H and O–H groups in total. The summed E-state index contributed by atoms with van der Waals surface area (Å²) in [5.74, 6) is -0.382. The normalized spacial score (nSPS) is 16.0. The average Bonchev–Trinajstić information content (AvgIpc) is 2.94. The molecule has 46 heavy (non-hydrogen) atoms. The summed E-state index contributed by atoms with van der Waals surface area (Å²) in [6.07, 6.45) is -6.05. The molecule has 0 spiro atoms. The van der Waals surface area contributed by atoms with Crippen LogP contribution in [0.15, 0.2) is 23.4 Å². The van der Waals surface area contributed by atoms with Gasteiger partial charge in [-0.25, -0.2) is 20.1 Å². The number of hydrogen-bond acceptors (Lipinski definition) is 9. The molecule has 1 saturated heterocycles. The highest BCUT2D eigenvalue weighted by atomic mass is 28.3. The van der Waals surface area contributed by atoms with Gasteiger partial charge in [0.25, 0.3) is 5.56 Å². The zero-order chi connectivity index (χ0) is 34.5. The van der Waals surface area contributed by atoms with E-state index in [1.807, 2.05) is 0 Å². The van der Waals surface area contributed by atoms with E-state index in [9.17, 15) is 35.9 Å². The summed E-state index contributed by atoms with van der Waals surface area (Å²) in [4.78, 5) is 40.4. The molecule has 0 unspecified atom stereocenters. The number of hydrogen-bond donors (Lipinski definition) is 2. The molecule has 1 atom stereocenters. The monoisotopic (exact) mass is 681 g/mol. The topological polar surface area (TPSA) is 124 Å². The van der Waals surface area contributed by atoms with Gasteiger partial charge in [-0.1, -0.05) is 33.5 Å². The highest BCUT2D eigenvalue weighted by Crippen LogP contribution is 2.36. The minimum absolute atomic E-state index is 0.108. The third-order valence-electron chi connectivity index (χ3n) is 7.79. The Hall–Kier alpha value is -3.25. The lowest BCUT2D eigenvalue weighted by atomic mass is 9.73. The molecular weight excluding hydrogens is 640 g/mol. The molecule has 1 aliphatic heterocycles. The van der Waals surface area contributed by atoms with E-state index in [1.54, 1.807) is 18.7 Å². The standard InChI is InChI=1S/C28H41F6N7O4Si/c1-18(38-21-15-37-41(17-44-11-12-46(4,5)6)23(42)22(21)28(32,33)34)16-45-39-24(43)26(2,3)19-7-9-40(10-8-19)25-35-13-20(14-36-25)27(29,30)31/h13-15,18-19,38H,7-12,16-17H2,1-6H3,(H,39,43)/t18-/m0/s1. The first kappa shape index (κ1) is 37.2. The minimum Gasteiger partial charge on any atom is -0.378 e. The van der Waals surface area contributed by atoms with Gasteiger partial charge in [-0.3, -0.25) is 14.4 Å². The smallest absolute Gasteiger partial charge is 0.378 e. The molecule has 3 rings (SSSR count). The Labute approximate surface area is 264 Å². The lowest BCUT2D eigenvalue weighted by Gasteiger charge is -2.39. The Morgan fingerprint density at radius 2 is 1.65 bits per heavy atom. The van der Waals surface area contributed by atoms with Crippen molar-refractivity contribution in [3.63, 3.8) is 0 Å². The maximum atomic E-state index is 13.9. The Balaban J connectivity index is 1.52. The largest absolute Gasteiger partial charge is 0.423 e. The van der Waals surface area contributed by atoms with Crippen molar-refractivity contribution in [2.75, 3.05) is 36.5 Å². The van der Waals surface area contributed by atoms with Crippen molar-refractivity contribution in [1.29, 1.82) is 0 Å². The first-order valence-corrected chi connectivity index (χ1v) is 18.5. The number of nitrogens with one attached hydrogen (secondary N) is 2. The number of amides is 1. The molecule has 0 saturated carbocycles. The van der Waals surface area contributed by atoms with Crippen LogP contribution in [-0.2, 0) is 33.5 Å². The van der Waals surface area contributed by atoms with Crippen LogP contribution in [0.1, 0.15) is 44.7 Å². The van der Waals surface area contributed by atoms with Crippen LogP contribution in [0.3, 0.4) is 0 Å². The number of rotatable bonds is 13. The summed E-state index contributed by atoms with van der Waals surface area (Å²) in [5.41, 5.74) is -2.76. The van der Waals surface area contributed by atoms with Crippen LogP contribution in [0.25, 0.3) is 0 Å². The molecule has 0 bridgehead atoms. The Bertz CT molecular complexity index is 1370. The van der Waals surface area contributed by atoms with E-state index in [2.05, 4.69) is 45.5 Å². The van der Waals surface area contributed by atoms with E-state index in [4.69, 9.17) is 9.57 Å². The molecule has 11 nitrogen and oxygen atoms in total. The minimum atomic E-state index is -4.96. The Kier molecular flexibility index (Phi) is 11.9. The predicted octanol–water partition coefficient (Wildman–Crippen LogP) is 5.17. The SMILES string of the molecule is C[C@@H](CONC(=O)C(C)(C)C1CCN(c2ncc(C(F)(F)F)cn2)CC1)Nc1cnn(COCC[Si](C)(C)C)c(=O)c1C(F)(F)F. The number of anilines is 2. The van der Waals surface area contributed by atoms with Crippen LogP contribution in [0, 0.1) is 11.3 Å². The number of ether oxygens (including phenoxy) is 1. The molecular formula is C28H41F6N7O4Si. The fourth-order valence-corrected chi connectivity index (χ4v) is 5.54. The molecule has 1 fully saturated rings. The third-order valence-corrected chi connectivity index (χ3v) is 9.49. The van der Waals surface area contributed by atoms with Crippen LogP contribution < -0.4 is 21.3 Å². The predicted molar refractivity (Wildman–Crippen MR) is 161 cm³/mol. The molecule has 2 aromatic heterocycles. The molecule has 0 radical (unpaired) electrons. The summed E-state index contributed by atoms with van der Waals surface area (Å²) in [5, 5.41) is 6.42. The van der Waals surface area contributed by atoms with E-state index in [-0.39, 0.29) is 18.5 Å². The first-order valence-electron chi connectivity index (χ1n) is 14.8. The fourth-order valence-electron chi connectivity index (χ4n) is 4.78. The second kappa shape index (κ2) is 14.7. The van der Waals surface area contributed by atoms with Crippen LogP contribution in [-0.4, -0.2) is 66.1 Å². The first-order chi connectivity index (χ1) is 21.2. The zero-order valence-electron chi connectivity index (χ0n) is 26.7. The van der Waals surface area contributed by atoms with Crippen LogP contribution in [0.5, 0.6) is 0 Å². The van der Waals surface area contributed by atoms with Gasteiger partial charge < -0.3 is 15.0 Å². The lowest BCUT2D eigenvalue weighted by Crippen LogP contribution is -2.47. The molecule has 0 aliphatic carbocycles.